The third-order valence-corrected chi connectivity index (χ3v) is 2.80. The monoisotopic (exact) mass is 215 g/mol. The molecule has 0 radical (unpaired) electrons. The van der Waals surface area contributed by atoms with Crippen LogP contribution in [0.25, 0.3) is 0 Å². The van der Waals surface area contributed by atoms with Crippen molar-refractivity contribution in [2.24, 2.45) is 17.6 Å². The lowest BCUT2D eigenvalue weighted by Crippen LogP contribution is -2.24. The Morgan fingerprint density at radius 1 is 1.53 bits per heavy atom. The third-order valence-electron chi connectivity index (χ3n) is 2.80. The van der Waals surface area contributed by atoms with Crippen LogP contribution in [0.4, 0.5) is 0 Å². The van der Waals surface area contributed by atoms with E-state index in [1.165, 1.54) is 0 Å². The van der Waals surface area contributed by atoms with Crippen LogP contribution in [0.2, 0.25) is 0 Å². The molecule has 1 atom stereocenters. The number of carbonyl (C=O) groups is 1. The molecule has 1 unspecified atom stereocenters. The molecule has 0 amide bonds. The first-order chi connectivity index (χ1) is 7.24. The van der Waals surface area contributed by atoms with Crippen molar-refractivity contribution in [2.75, 3.05) is 26.4 Å². The molecule has 0 aliphatic carbocycles. The molecule has 88 valence electrons. The predicted octanol–water partition coefficient (Wildman–Crippen LogP) is 0.941. The van der Waals surface area contributed by atoms with Crippen molar-refractivity contribution in [1.29, 1.82) is 0 Å². The molecule has 1 fully saturated rings. The number of hydrogen-bond acceptors (Lipinski definition) is 4. The summed E-state index contributed by atoms with van der Waals surface area (Å²) in [7, 11) is 0. The van der Waals surface area contributed by atoms with E-state index in [1.54, 1.807) is 0 Å². The molecule has 1 saturated heterocycles. The minimum atomic E-state index is -0.119. The highest BCUT2D eigenvalue weighted by Gasteiger charge is 2.18. The van der Waals surface area contributed by atoms with Gasteiger partial charge in [0.2, 0.25) is 0 Å². The van der Waals surface area contributed by atoms with E-state index >= 15 is 0 Å². The molecule has 15 heavy (non-hydrogen) atoms. The van der Waals surface area contributed by atoms with E-state index in [2.05, 4.69) is 0 Å². The van der Waals surface area contributed by atoms with Gasteiger partial charge in [0.15, 0.2) is 0 Å². The van der Waals surface area contributed by atoms with E-state index in [9.17, 15) is 4.79 Å². The molecular weight excluding hydrogens is 194 g/mol. The normalized spacial score (nSPS) is 19.9. The SMILES string of the molecule is CC(CCN)C(=O)OCC1CCOCC1. The minimum Gasteiger partial charge on any atom is -0.465 e. The quantitative estimate of drug-likeness (QED) is 0.693. The molecular formula is C11H21NO3. The van der Waals surface area contributed by atoms with Gasteiger partial charge in [0.25, 0.3) is 0 Å². The predicted molar refractivity (Wildman–Crippen MR) is 57.3 cm³/mol. The summed E-state index contributed by atoms with van der Waals surface area (Å²) in [4.78, 5) is 11.5. The molecule has 1 aliphatic rings. The number of carbonyl (C=O) groups excluding carboxylic acids is 1. The Kier molecular flexibility index (Phi) is 5.65. The topological polar surface area (TPSA) is 61.6 Å². The smallest absolute Gasteiger partial charge is 0.308 e. The second kappa shape index (κ2) is 6.80. The molecule has 0 bridgehead atoms. The van der Waals surface area contributed by atoms with E-state index in [1.807, 2.05) is 6.92 Å². The lowest BCUT2D eigenvalue weighted by Gasteiger charge is -2.22. The van der Waals surface area contributed by atoms with Gasteiger partial charge in [0.1, 0.15) is 0 Å². The van der Waals surface area contributed by atoms with E-state index in [0.717, 1.165) is 26.1 Å². The standard InChI is InChI=1S/C11H21NO3/c1-9(2-5-12)11(13)15-8-10-3-6-14-7-4-10/h9-10H,2-8,12H2,1H3. The Bertz CT molecular complexity index is 190. The molecule has 0 spiro atoms. The number of hydrogen-bond donors (Lipinski definition) is 1. The molecule has 2 N–H and O–H groups in total. The second-order valence-electron chi connectivity index (χ2n) is 4.16. The molecule has 4 heteroatoms. The first-order valence-electron chi connectivity index (χ1n) is 5.68. The number of nitrogens with two attached hydrogens (primary N) is 1. The summed E-state index contributed by atoms with van der Waals surface area (Å²) in [6.07, 6.45) is 2.70. The molecule has 0 aromatic carbocycles. The maximum Gasteiger partial charge on any atom is 0.308 e. The Balaban J connectivity index is 2.14. The summed E-state index contributed by atoms with van der Waals surface area (Å²) in [5.74, 6) is 0.287. The third kappa shape index (κ3) is 4.62. The fourth-order valence-electron chi connectivity index (χ4n) is 1.62. The van der Waals surface area contributed by atoms with Gasteiger partial charge in [-0.1, -0.05) is 6.92 Å². The highest BCUT2D eigenvalue weighted by molar-refractivity contribution is 5.71. The van der Waals surface area contributed by atoms with E-state index < -0.39 is 0 Å². The van der Waals surface area contributed by atoms with Gasteiger partial charge in [-0.2, -0.15) is 0 Å². The Morgan fingerprint density at radius 3 is 2.80 bits per heavy atom. The maximum atomic E-state index is 11.5. The molecule has 0 saturated carbocycles. The van der Waals surface area contributed by atoms with Crippen molar-refractivity contribution in [1.82, 2.24) is 0 Å². The number of esters is 1. The average Bonchev–Trinajstić information content (AvgIpc) is 2.27. The van der Waals surface area contributed by atoms with Crippen molar-refractivity contribution in [3.63, 3.8) is 0 Å². The zero-order valence-corrected chi connectivity index (χ0v) is 9.41. The summed E-state index contributed by atoms with van der Waals surface area (Å²) in [6.45, 7) is 4.52. The molecule has 0 aromatic rings. The van der Waals surface area contributed by atoms with Gasteiger partial charge >= 0.3 is 5.97 Å². The van der Waals surface area contributed by atoms with Gasteiger partial charge in [-0.15, -0.1) is 0 Å². The van der Waals surface area contributed by atoms with Crippen molar-refractivity contribution in [3.05, 3.63) is 0 Å². The largest absolute Gasteiger partial charge is 0.465 e. The Morgan fingerprint density at radius 2 is 2.20 bits per heavy atom. The molecule has 1 rings (SSSR count). The number of rotatable bonds is 5. The van der Waals surface area contributed by atoms with Gasteiger partial charge in [0, 0.05) is 13.2 Å². The lowest BCUT2D eigenvalue weighted by molar-refractivity contribution is -0.150. The Hall–Kier alpha value is -0.610. The van der Waals surface area contributed by atoms with Crippen LogP contribution in [0.5, 0.6) is 0 Å². The van der Waals surface area contributed by atoms with Crippen molar-refractivity contribution >= 4 is 5.97 Å². The van der Waals surface area contributed by atoms with Crippen LogP contribution in [0.3, 0.4) is 0 Å². The van der Waals surface area contributed by atoms with Crippen molar-refractivity contribution in [2.45, 2.75) is 26.2 Å². The van der Waals surface area contributed by atoms with Gasteiger partial charge in [0.05, 0.1) is 12.5 Å². The second-order valence-corrected chi connectivity index (χ2v) is 4.16. The summed E-state index contributed by atoms with van der Waals surface area (Å²) in [5, 5.41) is 0. The van der Waals surface area contributed by atoms with Crippen LogP contribution in [-0.2, 0) is 14.3 Å². The first kappa shape index (κ1) is 12.5. The highest BCUT2D eigenvalue weighted by Crippen LogP contribution is 2.15. The number of ether oxygens (including phenoxy) is 2. The minimum absolute atomic E-state index is 0.0742. The van der Waals surface area contributed by atoms with Crippen LogP contribution in [0.15, 0.2) is 0 Å². The fourth-order valence-corrected chi connectivity index (χ4v) is 1.62. The summed E-state index contributed by atoms with van der Waals surface area (Å²) in [5.41, 5.74) is 5.38. The summed E-state index contributed by atoms with van der Waals surface area (Å²) >= 11 is 0. The van der Waals surface area contributed by atoms with Crippen LogP contribution in [0, 0.1) is 11.8 Å². The van der Waals surface area contributed by atoms with Crippen molar-refractivity contribution in [3.8, 4) is 0 Å². The Labute approximate surface area is 91.1 Å². The van der Waals surface area contributed by atoms with Crippen molar-refractivity contribution < 1.29 is 14.3 Å². The molecule has 1 heterocycles. The van der Waals surface area contributed by atoms with Crippen LogP contribution >= 0.6 is 0 Å². The zero-order valence-electron chi connectivity index (χ0n) is 9.41. The average molecular weight is 215 g/mol. The van der Waals surface area contributed by atoms with Gasteiger partial charge in [-0.3, -0.25) is 4.79 Å². The highest BCUT2D eigenvalue weighted by atomic mass is 16.5. The van der Waals surface area contributed by atoms with E-state index in [4.69, 9.17) is 15.2 Å². The summed E-state index contributed by atoms with van der Waals surface area (Å²) in [6, 6.07) is 0. The first-order valence-corrected chi connectivity index (χ1v) is 5.68. The summed E-state index contributed by atoms with van der Waals surface area (Å²) < 4.78 is 10.5. The van der Waals surface area contributed by atoms with Gasteiger partial charge in [-0.25, -0.2) is 0 Å². The van der Waals surface area contributed by atoms with Crippen LogP contribution < -0.4 is 5.73 Å². The fraction of sp³-hybridized carbons (Fsp3) is 0.909. The maximum absolute atomic E-state index is 11.5. The van der Waals surface area contributed by atoms with Gasteiger partial charge < -0.3 is 15.2 Å². The van der Waals surface area contributed by atoms with Gasteiger partial charge in [-0.05, 0) is 31.7 Å². The van der Waals surface area contributed by atoms with E-state index in [0.29, 0.717) is 25.5 Å². The van der Waals surface area contributed by atoms with E-state index in [-0.39, 0.29) is 11.9 Å². The van der Waals surface area contributed by atoms with Crippen LogP contribution in [-0.4, -0.2) is 32.3 Å². The zero-order chi connectivity index (χ0) is 11.1. The molecule has 1 aliphatic heterocycles. The van der Waals surface area contributed by atoms with Crippen LogP contribution in [0.1, 0.15) is 26.2 Å². The molecule has 4 nitrogen and oxygen atoms in total. The lowest BCUT2D eigenvalue weighted by atomic mass is 10.0. The molecule has 0 aromatic heterocycles.